The number of ether oxygens (including phenoxy) is 1. The van der Waals surface area contributed by atoms with Gasteiger partial charge >= 0.3 is 5.97 Å². The SMILES string of the molecule is CCCCCCCCCCCCCCCCCCC/C=C/C(O)C(CO)NC(=O)CCCCCCCCCCCCCCCCCCC/C=C\CCCCCCCCCCCCCCCCCCOC(=O)CCCCCCCCCCCCCCCCCCC. The maximum absolute atomic E-state index is 12.5. The molecule has 0 spiro atoms. The number of carbonyl (C=O) groups is 2. The summed E-state index contributed by atoms with van der Waals surface area (Å²) < 4.78 is 5.52. The third-order valence-electron chi connectivity index (χ3n) is 19.7. The maximum atomic E-state index is 12.5. The van der Waals surface area contributed by atoms with Crippen LogP contribution in [0.2, 0.25) is 0 Å². The topological polar surface area (TPSA) is 95.9 Å². The molecule has 0 bridgehead atoms. The number of aliphatic hydroxyl groups is 2. The summed E-state index contributed by atoms with van der Waals surface area (Å²) in [5.74, 6) is -0.0331. The Bertz CT molecular complexity index is 1410. The molecule has 6 heteroatoms. The molecule has 0 heterocycles. The molecule has 0 rings (SSSR count). The molecule has 6 nitrogen and oxygen atoms in total. The lowest BCUT2D eigenvalue weighted by atomic mass is 10.0. The Morgan fingerprint density at radius 3 is 0.789 bits per heavy atom. The van der Waals surface area contributed by atoms with Gasteiger partial charge in [-0.3, -0.25) is 9.59 Å². The highest BCUT2D eigenvalue weighted by Crippen LogP contribution is 2.20. The Morgan fingerprint density at radius 2 is 0.522 bits per heavy atom. The molecule has 534 valence electrons. The number of amides is 1. The summed E-state index contributed by atoms with van der Waals surface area (Å²) in [4.78, 5) is 24.7. The lowest BCUT2D eigenvalue weighted by molar-refractivity contribution is -0.143. The monoisotopic (exact) mass is 1270 g/mol. The predicted molar refractivity (Wildman–Crippen MR) is 398 cm³/mol. The average Bonchev–Trinajstić information content (AvgIpc) is 3.57. The second-order valence-electron chi connectivity index (χ2n) is 28.8. The number of rotatable bonds is 79. The first-order valence-electron chi connectivity index (χ1n) is 41.6. The first-order chi connectivity index (χ1) is 44.5. The van der Waals surface area contributed by atoms with E-state index in [1.165, 1.54) is 411 Å². The van der Waals surface area contributed by atoms with E-state index in [9.17, 15) is 19.8 Å². The summed E-state index contributed by atoms with van der Waals surface area (Å²) in [5, 5.41) is 23.3. The van der Waals surface area contributed by atoms with E-state index in [1.54, 1.807) is 6.08 Å². The second kappa shape index (κ2) is 79.8. The van der Waals surface area contributed by atoms with Crippen LogP contribution < -0.4 is 5.32 Å². The number of esters is 1. The van der Waals surface area contributed by atoms with Crippen molar-refractivity contribution >= 4 is 11.9 Å². The van der Waals surface area contributed by atoms with Crippen molar-refractivity contribution in [3.05, 3.63) is 24.3 Å². The fourth-order valence-electron chi connectivity index (χ4n) is 13.4. The van der Waals surface area contributed by atoms with Gasteiger partial charge in [0.05, 0.1) is 25.4 Å². The van der Waals surface area contributed by atoms with Crippen molar-refractivity contribution in [1.29, 1.82) is 0 Å². The van der Waals surface area contributed by atoms with E-state index in [2.05, 4.69) is 31.3 Å². The third kappa shape index (κ3) is 75.4. The van der Waals surface area contributed by atoms with Crippen LogP contribution in [-0.2, 0) is 14.3 Å². The van der Waals surface area contributed by atoms with Crippen LogP contribution in [0.1, 0.15) is 476 Å². The molecule has 0 saturated heterocycles. The summed E-state index contributed by atoms with van der Waals surface area (Å²) >= 11 is 0. The molecule has 90 heavy (non-hydrogen) atoms. The highest BCUT2D eigenvalue weighted by atomic mass is 16.5. The van der Waals surface area contributed by atoms with Crippen LogP contribution in [0.4, 0.5) is 0 Å². The zero-order valence-corrected chi connectivity index (χ0v) is 61.4. The first kappa shape index (κ1) is 88.3. The number of allylic oxidation sites excluding steroid dienone is 3. The highest BCUT2D eigenvalue weighted by Gasteiger charge is 2.18. The minimum Gasteiger partial charge on any atom is -0.466 e. The lowest BCUT2D eigenvalue weighted by Crippen LogP contribution is -2.45. The summed E-state index contributed by atoms with van der Waals surface area (Å²) in [6.45, 7) is 4.97. The van der Waals surface area contributed by atoms with Crippen molar-refractivity contribution in [3.63, 3.8) is 0 Å². The van der Waals surface area contributed by atoms with Crippen molar-refractivity contribution in [1.82, 2.24) is 5.32 Å². The van der Waals surface area contributed by atoms with Crippen LogP contribution >= 0.6 is 0 Å². The molecule has 3 N–H and O–H groups in total. The lowest BCUT2D eigenvalue weighted by Gasteiger charge is -2.20. The van der Waals surface area contributed by atoms with Gasteiger partial charge in [0.1, 0.15) is 0 Å². The molecule has 0 aromatic rings. The van der Waals surface area contributed by atoms with E-state index >= 15 is 0 Å². The molecular formula is C84H163NO5. The number of hydrogen-bond donors (Lipinski definition) is 3. The zero-order chi connectivity index (χ0) is 64.9. The molecule has 2 atom stereocenters. The Labute approximate surface area is 564 Å². The molecule has 0 saturated carbocycles. The summed E-state index contributed by atoms with van der Waals surface area (Å²) in [6.07, 6.45) is 103. The normalized spacial score (nSPS) is 12.5. The zero-order valence-electron chi connectivity index (χ0n) is 61.4. The number of carbonyl (C=O) groups excluding carboxylic acids is 2. The van der Waals surface area contributed by atoms with Crippen LogP contribution in [0.15, 0.2) is 24.3 Å². The van der Waals surface area contributed by atoms with E-state index in [0.29, 0.717) is 19.4 Å². The summed E-state index contributed by atoms with van der Waals surface area (Å²) in [6, 6.07) is -0.625. The Kier molecular flexibility index (Phi) is 78.3. The second-order valence-corrected chi connectivity index (χ2v) is 28.8. The van der Waals surface area contributed by atoms with E-state index in [1.807, 2.05) is 6.08 Å². The molecule has 0 fully saturated rings. The predicted octanol–water partition coefficient (Wildman–Crippen LogP) is 27.6. The largest absolute Gasteiger partial charge is 0.466 e. The van der Waals surface area contributed by atoms with Crippen molar-refractivity contribution in [2.45, 2.75) is 488 Å². The van der Waals surface area contributed by atoms with Gasteiger partial charge in [0.15, 0.2) is 0 Å². The van der Waals surface area contributed by atoms with Gasteiger partial charge in [-0.1, -0.05) is 430 Å². The van der Waals surface area contributed by atoms with Crippen LogP contribution in [0.25, 0.3) is 0 Å². The van der Waals surface area contributed by atoms with Gasteiger partial charge in [-0.05, 0) is 57.8 Å². The van der Waals surface area contributed by atoms with Gasteiger partial charge in [0.2, 0.25) is 5.91 Å². The number of aliphatic hydroxyl groups excluding tert-OH is 2. The fourth-order valence-corrected chi connectivity index (χ4v) is 13.4. The molecule has 2 unspecified atom stereocenters. The molecule has 0 aliphatic carbocycles. The van der Waals surface area contributed by atoms with Crippen molar-refractivity contribution < 1.29 is 24.5 Å². The number of nitrogens with one attached hydrogen (secondary N) is 1. The highest BCUT2D eigenvalue weighted by molar-refractivity contribution is 5.76. The quantitative estimate of drug-likeness (QED) is 0.0320. The summed E-state index contributed by atoms with van der Waals surface area (Å²) in [7, 11) is 0. The van der Waals surface area contributed by atoms with Gasteiger partial charge in [-0.2, -0.15) is 0 Å². The van der Waals surface area contributed by atoms with E-state index in [0.717, 1.165) is 38.5 Å². The van der Waals surface area contributed by atoms with Gasteiger partial charge in [-0.25, -0.2) is 0 Å². The smallest absolute Gasteiger partial charge is 0.305 e. The fraction of sp³-hybridized carbons (Fsp3) is 0.929. The molecule has 0 aromatic heterocycles. The minimum atomic E-state index is -0.842. The summed E-state index contributed by atoms with van der Waals surface area (Å²) in [5.41, 5.74) is 0. The van der Waals surface area contributed by atoms with Crippen molar-refractivity contribution in [3.8, 4) is 0 Å². The Morgan fingerprint density at radius 1 is 0.300 bits per heavy atom. The standard InChI is InChI=1S/C84H163NO5/c1-3-5-7-9-11-13-15-17-19-21-41-45-48-52-56-60-64-68-72-76-82(87)81(80-86)85-83(88)77-73-69-65-61-57-53-49-46-42-39-37-35-33-31-29-27-25-23-22-24-26-28-30-32-34-36-38-40-43-47-51-55-59-63-67-71-75-79-90-84(89)78-74-70-66-62-58-54-50-44-20-18-16-14-12-10-8-6-4-2/h22,24,72,76,81-82,86-87H,3-21,23,25-71,73-75,77-80H2,1-2H3,(H,85,88)/b24-22-,76-72+. The minimum absolute atomic E-state index is 0.0263. The molecule has 0 aliphatic heterocycles. The molecule has 1 amide bonds. The van der Waals surface area contributed by atoms with Gasteiger partial charge < -0.3 is 20.3 Å². The maximum Gasteiger partial charge on any atom is 0.305 e. The van der Waals surface area contributed by atoms with E-state index < -0.39 is 12.1 Å². The van der Waals surface area contributed by atoms with E-state index in [-0.39, 0.29) is 18.5 Å². The number of unbranched alkanes of at least 4 members (excludes halogenated alkanes) is 66. The van der Waals surface area contributed by atoms with Gasteiger partial charge in [0.25, 0.3) is 0 Å². The molecular weight excluding hydrogens is 1100 g/mol. The van der Waals surface area contributed by atoms with Crippen LogP contribution in [-0.4, -0.2) is 47.4 Å². The van der Waals surface area contributed by atoms with Crippen LogP contribution in [0.3, 0.4) is 0 Å². The number of hydrogen-bond acceptors (Lipinski definition) is 5. The van der Waals surface area contributed by atoms with Crippen molar-refractivity contribution in [2.24, 2.45) is 0 Å². The third-order valence-corrected chi connectivity index (χ3v) is 19.7. The van der Waals surface area contributed by atoms with Crippen molar-refractivity contribution in [2.75, 3.05) is 13.2 Å². The van der Waals surface area contributed by atoms with Crippen LogP contribution in [0, 0.1) is 0 Å². The Balaban J connectivity index is 3.33. The Hall–Kier alpha value is -1.66. The average molecular weight is 1270 g/mol. The first-order valence-corrected chi connectivity index (χ1v) is 41.6. The van der Waals surface area contributed by atoms with Crippen LogP contribution in [0.5, 0.6) is 0 Å². The molecule has 0 aromatic carbocycles. The van der Waals surface area contributed by atoms with Gasteiger partial charge in [0, 0.05) is 12.8 Å². The van der Waals surface area contributed by atoms with Gasteiger partial charge in [-0.15, -0.1) is 0 Å². The van der Waals surface area contributed by atoms with E-state index in [4.69, 9.17) is 4.74 Å². The molecule has 0 aliphatic rings. The molecule has 0 radical (unpaired) electrons.